The average Bonchev–Trinajstić information content (AvgIpc) is 3.01. The highest BCUT2D eigenvalue weighted by molar-refractivity contribution is 7.90. The van der Waals surface area contributed by atoms with E-state index in [1.807, 2.05) is 17.0 Å². The summed E-state index contributed by atoms with van der Waals surface area (Å²) < 4.78 is 28.6. The molecule has 2 fully saturated rings. The number of piperidine rings is 1. The van der Waals surface area contributed by atoms with Crippen molar-refractivity contribution in [2.75, 3.05) is 19.6 Å². The van der Waals surface area contributed by atoms with E-state index < -0.39 is 10.0 Å². The fourth-order valence-corrected chi connectivity index (χ4v) is 6.10. The molecule has 1 amide bonds. The van der Waals surface area contributed by atoms with Crippen molar-refractivity contribution in [2.45, 2.75) is 62.8 Å². The Hall–Kier alpha value is -1.89. The maximum absolute atomic E-state index is 13.1. The van der Waals surface area contributed by atoms with Crippen molar-refractivity contribution in [3.63, 3.8) is 0 Å². The molecule has 0 spiro atoms. The van der Waals surface area contributed by atoms with Gasteiger partial charge in [-0.3, -0.25) is 4.79 Å². The van der Waals surface area contributed by atoms with Crippen LogP contribution in [0.3, 0.4) is 0 Å². The molecule has 28 heavy (non-hydrogen) atoms. The lowest BCUT2D eigenvalue weighted by Gasteiger charge is -2.39. The standard InChI is InChI=1S/C21H29N3O3S/c1-2-24(17-8-4-3-5-9-17)21(25)16-12-14-23(15-13-16)20-18-10-6-7-11-19(18)28(26,27)22-20/h6-7,10-11,16-17H,2-5,8-9,12-15H2,1H3. The Bertz CT molecular complexity index is 867. The quantitative estimate of drug-likeness (QED) is 0.778. The van der Waals surface area contributed by atoms with E-state index in [0.29, 0.717) is 30.5 Å². The van der Waals surface area contributed by atoms with E-state index in [9.17, 15) is 13.2 Å². The minimum absolute atomic E-state index is 0.0342. The molecule has 1 saturated heterocycles. The van der Waals surface area contributed by atoms with Crippen molar-refractivity contribution in [3.05, 3.63) is 29.8 Å². The summed E-state index contributed by atoms with van der Waals surface area (Å²) in [6.07, 6.45) is 7.49. The number of amides is 1. The Morgan fingerprint density at radius 1 is 1.11 bits per heavy atom. The van der Waals surface area contributed by atoms with Gasteiger partial charge in [-0.1, -0.05) is 31.4 Å². The van der Waals surface area contributed by atoms with Gasteiger partial charge in [-0.05, 0) is 44.7 Å². The number of fused-ring (bicyclic) bond motifs is 1. The molecule has 1 aromatic carbocycles. The summed E-state index contributed by atoms with van der Waals surface area (Å²) in [4.78, 5) is 17.6. The molecule has 1 aliphatic carbocycles. The van der Waals surface area contributed by atoms with Crippen LogP contribution in [0.2, 0.25) is 0 Å². The van der Waals surface area contributed by atoms with Crippen LogP contribution in [0.15, 0.2) is 33.6 Å². The Labute approximate surface area is 167 Å². The molecule has 1 saturated carbocycles. The van der Waals surface area contributed by atoms with Gasteiger partial charge in [0.05, 0.1) is 0 Å². The zero-order chi connectivity index (χ0) is 19.7. The summed E-state index contributed by atoms with van der Waals surface area (Å²) >= 11 is 0. The number of nitrogens with zero attached hydrogens (tertiary/aromatic N) is 3. The fourth-order valence-electron chi connectivity index (χ4n) is 4.88. The molecule has 2 heterocycles. The first-order valence-corrected chi connectivity index (χ1v) is 11.9. The van der Waals surface area contributed by atoms with Crippen LogP contribution in [-0.4, -0.2) is 55.6 Å². The van der Waals surface area contributed by atoms with Gasteiger partial charge in [-0.15, -0.1) is 4.40 Å². The highest BCUT2D eigenvalue weighted by Crippen LogP contribution is 2.31. The SMILES string of the molecule is CCN(C(=O)C1CCN(C2=NS(=O)(=O)c3ccccc32)CC1)C1CCCCC1. The molecule has 0 N–H and O–H groups in total. The first-order valence-electron chi connectivity index (χ1n) is 10.5. The molecule has 2 aliphatic heterocycles. The molecule has 0 bridgehead atoms. The Kier molecular flexibility index (Phi) is 5.45. The minimum Gasteiger partial charge on any atom is -0.355 e. The predicted octanol–water partition coefficient (Wildman–Crippen LogP) is 3.03. The predicted molar refractivity (Wildman–Crippen MR) is 109 cm³/mol. The number of carbonyl (C=O) groups is 1. The second-order valence-electron chi connectivity index (χ2n) is 8.06. The van der Waals surface area contributed by atoms with E-state index in [1.54, 1.807) is 12.1 Å². The highest BCUT2D eigenvalue weighted by atomic mass is 32.2. The molecule has 3 aliphatic rings. The normalized spacial score (nSPS) is 22.6. The first kappa shape index (κ1) is 19.4. The van der Waals surface area contributed by atoms with Crippen LogP contribution in [-0.2, 0) is 14.8 Å². The number of sulfonamides is 1. The van der Waals surface area contributed by atoms with Gasteiger partial charge in [0.2, 0.25) is 5.91 Å². The monoisotopic (exact) mass is 403 g/mol. The zero-order valence-corrected chi connectivity index (χ0v) is 17.3. The van der Waals surface area contributed by atoms with E-state index in [4.69, 9.17) is 0 Å². The van der Waals surface area contributed by atoms with Gasteiger partial charge in [-0.25, -0.2) is 0 Å². The smallest absolute Gasteiger partial charge is 0.285 e. The van der Waals surface area contributed by atoms with Crippen LogP contribution < -0.4 is 0 Å². The van der Waals surface area contributed by atoms with Crippen molar-refractivity contribution in [3.8, 4) is 0 Å². The van der Waals surface area contributed by atoms with Crippen molar-refractivity contribution in [1.82, 2.24) is 9.80 Å². The van der Waals surface area contributed by atoms with E-state index in [0.717, 1.165) is 32.2 Å². The summed E-state index contributed by atoms with van der Waals surface area (Å²) in [5.41, 5.74) is 0.685. The molecule has 1 aromatic rings. The first-order chi connectivity index (χ1) is 13.5. The summed E-state index contributed by atoms with van der Waals surface area (Å²) in [6.45, 7) is 4.20. The Morgan fingerprint density at radius 3 is 2.46 bits per heavy atom. The molecule has 4 rings (SSSR count). The van der Waals surface area contributed by atoms with Gasteiger partial charge in [-0.2, -0.15) is 8.42 Å². The third-order valence-electron chi connectivity index (χ3n) is 6.40. The second-order valence-corrected chi connectivity index (χ2v) is 9.64. The third kappa shape index (κ3) is 3.56. The molecule has 7 heteroatoms. The molecular weight excluding hydrogens is 374 g/mol. The average molecular weight is 404 g/mol. The Morgan fingerprint density at radius 2 is 1.79 bits per heavy atom. The fraction of sp³-hybridized carbons (Fsp3) is 0.619. The van der Waals surface area contributed by atoms with Gasteiger partial charge in [0.15, 0.2) is 5.84 Å². The number of likely N-dealkylation sites (tertiary alicyclic amines) is 1. The Balaban J connectivity index is 1.43. The summed E-state index contributed by atoms with van der Waals surface area (Å²) in [7, 11) is -3.59. The van der Waals surface area contributed by atoms with Crippen LogP contribution >= 0.6 is 0 Å². The van der Waals surface area contributed by atoms with Gasteiger partial charge in [0, 0.05) is 37.2 Å². The summed E-state index contributed by atoms with van der Waals surface area (Å²) in [5.74, 6) is 0.864. The van der Waals surface area contributed by atoms with Crippen LogP contribution in [0.5, 0.6) is 0 Å². The molecule has 0 atom stereocenters. The lowest BCUT2D eigenvalue weighted by Crippen LogP contribution is -2.48. The van der Waals surface area contributed by atoms with Crippen molar-refractivity contribution < 1.29 is 13.2 Å². The lowest BCUT2D eigenvalue weighted by atomic mass is 9.90. The molecule has 0 radical (unpaired) electrons. The van der Waals surface area contributed by atoms with Crippen molar-refractivity contribution in [1.29, 1.82) is 0 Å². The number of rotatable bonds is 3. The largest absolute Gasteiger partial charge is 0.355 e. The third-order valence-corrected chi connectivity index (χ3v) is 7.72. The van der Waals surface area contributed by atoms with E-state index in [-0.39, 0.29) is 16.7 Å². The number of benzene rings is 1. The maximum atomic E-state index is 13.1. The zero-order valence-electron chi connectivity index (χ0n) is 16.5. The molecule has 6 nitrogen and oxygen atoms in total. The second kappa shape index (κ2) is 7.85. The van der Waals surface area contributed by atoms with Gasteiger partial charge < -0.3 is 9.80 Å². The lowest BCUT2D eigenvalue weighted by molar-refractivity contribution is -0.139. The number of hydrogen-bond acceptors (Lipinski definition) is 4. The van der Waals surface area contributed by atoms with E-state index in [1.165, 1.54) is 19.3 Å². The van der Waals surface area contributed by atoms with E-state index >= 15 is 0 Å². The molecule has 152 valence electrons. The summed E-state index contributed by atoms with van der Waals surface area (Å²) in [5, 5.41) is 0. The van der Waals surface area contributed by atoms with E-state index in [2.05, 4.69) is 16.2 Å². The van der Waals surface area contributed by atoms with Crippen LogP contribution in [0, 0.1) is 5.92 Å². The highest BCUT2D eigenvalue weighted by Gasteiger charge is 2.36. The van der Waals surface area contributed by atoms with Crippen LogP contribution in [0.25, 0.3) is 0 Å². The van der Waals surface area contributed by atoms with Gasteiger partial charge >= 0.3 is 0 Å². The molecule has 0 aromatic heterocycles. The van der Waals surface area contributed by atoms with Crippen molar-refractivity contribution >= 4 is 21.8 Å². The summed E-state index contributed by atoms with van der Waals surface area (Å²) in [6, 6.07) is 7.40. The van der Waals surface area contributed by atoms with Crippen LogP contribution in [0.1, 0.15) is 57.4 Å². The number of carbonyl (C=O) groups excluding carboxylic acids is 1. The topological polar surface area (TPSA) is 70.1 Å². The van der Waals surface area contributed by atoms with Crippen molar-refractivity contribution in [2.24, 2.45) is 10.3 Å². The van der Waals surface area contributed by atoms with Gasteiger partial charge in [0.25, 0.3) is 10.0 Å². The maximum Gasteiger partial charge on any atom is 0.285 e. The van der Waals surface area contributed by atoms with Crippen LogP contribution in [0.4, 0.5) is 0 Å². The minimum atomic E-state index is -3.59. The van der Waals surface area contributed by atoms with Gasteiger partial charge in [0.1, 0.15) is 4.90 Å². The molecule has 0 unspecified atom stereocenters. The number of hydrogen-bond donors (Lipinski definition) is 0. The molecular formula is C21H29N3O3S. The number of amidine groups is 1.